The molecular formula is C30H27ClFN7O4. The number of amides is 2. The zero-order chi connectivity index (χ0) is 30.1. The van der Waals surface area contributed by atoms with Crippen LogP contribution in [0, 0.1) is 11.7 Å². The first-order valence-corrected chi connectivity index (χ1v) is 14.3. The maximum atomic E-state index is 14.6. The monoisotopic (exact) mass is 603 g/mol. The van der Waals surface area contributed by atoms with Crippen molar-refractivity contribution in [2.24, 2.45) is 5.92 Å². The summed E-state index contributed by atoms with van der Waals surface area (Å²) in [5.74, 6) is -2.87. The van der Waals surface area contributed by atoms with E-state index in [0.717, 1.165) is 21.4 Å². The lowest BCUT2D eigenvalue weighted by Gasteiger charge is -2.38. The number of hydrogen-bond donors (Lipinski definition) is 2. The van der Waals surface area contributed by atoms with Gasteiger partial charge in [0.05, 0.1) is 17.1 Å². The number of fused-ring (bicyclic) bond motifs is 1. The largest absolute Gasteiger partial charge is 0.481 e. The van der Waals surface area contributed by atoms with Crippen molar-refractivity contribution in [3.05, 3.63) is 89.0 Å². The lowest BCUT2D eigenvalue weighted by molar-refractivity contribution is -0.142. The number of carbonyl (C=O) groups excluding carboxylic acids is 2. The fraction of sp³-hybridized carbons (Fsp3) is 0.300. The summed E-state index contributed by atoms with van der Waals surface area (Å²) in [6, 6.07) is 8.80. The van der Waals surface area contributed by atoms with Crippen LogP contribution in [0.5, 0.6) is 0 Å². The van der Waals surface area contributed by atoms with E-state index < -0.39 is 29.7 Å². The van der Waals surface area contributed by atoms with Gasteiger partial charge in [0.2, 0.25) is 5.91 Å². The maximum absolute atomic E-state index is 14.6. The highest BCUT2D eigenvalue weighted by atomic mass is 35.5. The fourth-order valence-electron chi connectivity index (χ4n) is 5.94. The number of carbonyl (C=O) groups is 3. The van der Waals surface area contributed by atoms with Crippen molar-refractivity contribution in [3.8, 4) is 16.8 Å². The molecule has 0 radical (unpaired) electrons. The van der Waals surface area contributed by atoms with Crippen LogP contribution in [0.4, 0.5) is 4.39 Å². The Bertz CT molecular complexity index is 1690. The Morgan fingerprint density at radius 1 is 1.02 bits per heavy atom. The minimum Gasteiger partial charge on any atom is -0.481 e. The van der Waals surface area contributed by atoms with E-state index >= 15 is 0 Å². The van der Waals surface area contributed by atoms with Gasteiger partial charge in [-0.15, -0.1) is 5.10 Å². The molecule has 11 nitrogen and oxygen atoms in total. The van der Waals surface area contributed by atoms with Crippen molar-refractivity contribution in [1.29, 1.82) is 0 Å². The summed E-state index contributed by atoms with van der Waals surface area (Å²) in [6.07, 6.45) is 8.58. The first kappa shape index (κ1) is 28.4. The second kappa shape index (κ2) is 11.9. The van der Waals surface area contributed by atoms with Crippen LogP contribution in [-0.4, -0.2) is 65.3 Å². The first-order chi connectivity index (χ1) is 20.8. The molecule has 0 bridgehead atoms. The van der Waals surface area contributed by atoms with Gasteiger partial charge in [0.25, 0.3) is 5.91 Å². The lowest BCUT2D eigenvalue weighted by atomic mass is 9.84. The number of halogens is 2. The molecule has 0 saturated heterocycles. The van der Waals surface area contributed by atoms with E-state index in [1.165, 1.54) is 29.6 Å². The van der Waals surface area contributed by atoms with Gasteiger partial charge in [-0.05, 0) is 60.9 Å². The predicted octanol–water partition coefficient (Wildman–Crippen LogP) is 4.02. The Balaban J connectivity index is 1.33. The van der Waals surface area contributed by atoms with Gasteiger partial charge in [-0.1, -0.05) is 41.1 Å². The highest BCUT2D eigenvalue weighted by Gasteiger charge is 2.39. The number of aromatic nitrogens is 5. The van der Waals surface area contributed by atoms with Gasteiger partial charge < -0.3 is 15.3 Å². The number of hydrogen-bond acceptors (Lipinski definition) is 7. The SMILES string of the molecule is O=C(N[C@H]1CC[C@H](C(=O)O)CC1)C1c2cccc(-c3cncnc3)c2CCN1C(=O)c1cn(-c2cccc(Cl)c2F)nn1. The summed E-state index contributed by atoms with van der Waals surface area (Å²) < 4.78 is 15.8. The smallest absolute Gasteiger partial charge is 0.306 e. The van der Waals surface area contributed by atoms with Crippen molar-refractivity contribution in [1.82, 2.24) is 35.2 Å². The van der Waals surface area contributed by atoms with Gasteiger partial charge in [0, 0.05) is 30.5 Å². The van der Waals surface area contributed by atoms with E-state index in [2.05, 4.69) is 25.6 Å². The molecule has 43 heavy (non-hydrogen) atoms. The Morgan fingerprint density at radius 3 is 2.51 bits per heavy atom. The molecule has 2 N–H and O–H groups in total. The van der Waals surface area contributed by atoms with Gasteiger partial charge in [-0.25, -0.2) is 19.0 Å². The Labute approximate surface area is 250 Å². The van der Waals surface area contributed by atoms with Crippen molar-refractivity contribution in [2.75, 3.05) is 6.54 Å². The van der Waals surface area contributed by atoms with Crippen LogP contribution in [0.15, 0.2) is 61.3 Å². The molecular weight excluding hydrogens is 577 g/mol. The summed E-state index contributed by atoms with van der Waals surface area (Å²) in [6.45, 7) is 0.207. The van der Waals surface area contributed by atoms with Crippen LogP contribution < -0.4 is 5.32 Å². The average molecular weight is 604 g/mol. The molecule has 1 saturated carbocycles. The zero-order valence-corrected chi connectivity index (χ0v) is 23.6. The van der Waals surface area contributed by atoms with Crippen molar-refractivity contribution < 1.29 is 23.9 Å². The average Bonchev–Trinajstić information content (AvgIpc) is 3.52. The van der Waals surface area contributed by atoms with Crippen LogP contribution in [0.3, 0.4) is 0 Å². The second-order valence-electron chi connectivity index (χ2n) is 10.7. The molecule has 2 aromatic carbocycles. The quantitative estimate of drug-likeness (QED) is 0.336. The highest BCUT2D eigenvalue weighted by molar-refractivity contribution is 6.30. The van der Waals surface area contributed by atoms with E-state index in [4.69, 9.17) is 11.6 Å². The Hall–Kier alpha value is -4.71. The van der Waals surface area contributed by atoms with E-state index in [1.807, 2.05) is 18.2 Å². The second-order valence-corrected chi connectivity index (χ2v) is 11.1. The first-order valence-electron chi connectivity index (χ1n) is 13.9. The summed E-state index contributed by atoms with van der Waals surface area (Å²) in [7, 11) is 0. The lowest BCUT2D eigenvalue weighted by Crippen LogP contribution is -2.50. The minimum absolute atomic E-state index is 0.0315. The van der Waals surface area contributed by atoms with Gasteiger partial charge in [-0.2, -0.15) is 0 Å². The summed E-state index contributed by atoms with van der Waals surface area (Å²) in [4.78, 5) is 49.0. The van der Waals surface area contributed by atoms with Crippen molar-refractivity contribution >= 4 is 29.4 Å². The molecule has 4 aromatic rings. The molecule has 2 aliphatic rings. The normalized spacial score (nSPS) is 19.9. The molecule has 3 heterocycles. The predicted molar refractivity (Wildman–Crippen MR) is 153 cm³/mol. The van der Waals surface area contributed by atoms with Crippen molar-refractivity contribution in [2.45, 2.75) is 44.2 Å². The molecule has 2 aromatic heterocycles. The molecule has 0 spiro atoms. The molecule has 1 fully saturated rings. The third-order valence-electron chi connectivity index (χ3n) is 8.12. The van der Waals surface area contributed by atoms with E-state index in [-0.39, 0.29) is 34.9 Å². The number of nitrogens with one attached hydrogen (secondary N) is 1. The Morgan fingerprint density at radius 2 is 1.77 bits per heavy atom. The van der Waals surface area contributed by atoms with E-state index in [9.17, 15) is 23.9 Å². The van der Waals surface area contributed by atoms with Crippen LogP contribution in [0.25, 0.3) is 16.8 Å². The van der Waals surface area contributed by atoms with Crippen molar-refractivity contribution in [3.63, 3.8) is 0 Å². The van der Waals surface area contributed by atoms with Gasteiger partial charge in [0.15, 0.2) is 11.5 Å². The topological polar surface area (TPSA) is 143 Å². The molecule has 1 atom stereocenters. The standard InChI is InChI=1S/C30H27ClFN7O4/c31-23-5-2-6-25(26(23)32)39-15-24(36-37-39)29(41)38-12-11-21-20(18-13-33-16-34-14-18)3-1-4-22(21)27(38)28(40)35-19-9-7-17(8-10-19)30(42)43/h1-6,13-17,19,27H,7-12H2,(H,35,40)(H,42,43)/t17-,19-,27?. The number of benzene rings is 2. The third kappa shape index (κ3) is 5.57. The molecule has 13 heteroatoms. The summed E-state index contributed by atoms with van der Waals surface area (Å²) in [5, 5.41) is 20.3. The van der Waals surface area contributed by atoms with Crippen LogP contribution in [0.2, 0.25) is 5.02 Å². The molecule has 1 aliphatic heterocycles. The third-order valence-corrected chi connectivity index (χ3v) is 8.41. The van der Waals surface area contributed by atoms with Crippen LogP contribution in [-0.2, 0) is 16.0 Å². The number of carboxylic acids is 1. The van der Waals surface area contributed by atoms with Gasteiger partial charge >= 0.3 is 5.97 Å². The maximum Gasteiger partial charge on any atom is 0.306 e. The van der Waals surface area contributed by atoms with Gasteiger partial charge in [0.1, 0.15) is 18.1 Å². The summed E-state index contributed by atoms with van der Waals surface area (Å²) in [5.41, 5.74) is 3.19. The molecule has 2 amide bonds. The Kier molecular flexibility index (Phi) is 7.85. The molecule has 1 unspecified atom stereocenters. The van der Waals surface area contributed by atoms with E-state index in [0.29, 0.717) is 37.7 Å². The summed E-state index contributed by atoms with van der Waals surface area (Å²) >= 11 is 5.92. The minimum atomic E-state index is -0.994. The highest BCUT2D eigenvalue weighted by Crippen LogP contribution is 2.37. The number of nitrogens with zero attached hydrogens (tertiary/aromatic N) is 6. The number of carboxylic acid groups (broad SMARTS) is 1. The number of rotatable bonds is 6. The van der Waals surface area contributed by atoms with Crippen LogP contribution in [0.1, 0.15) is 53.3 Å². The zero-order valence-electron chi connectivity index (χ0n) is 22.9. The molecule has 1 aliphatic carbocycles. The molecule has 220 valence electrons. The fourth-order valence-corrected chi connectivity index (χ4v) is 6.11. The van der Waals surface area contributed by atoms with E-state index in [1.54, 1.807) is 18.5 Å². The van der Waals surface area contributed by atoms with Gasteiger partial charge in [-0.3, -0.25) is 14.4 Å². The molecule has 6 rings (SSSR count). The van der Waals surface area contributed by atoms with Crippen LogP contribution >= 0.6 is 11.6 Å². The number of aliphatic carboxylic acids is 1.